The fourth-order valence-electron chi connectivity index (χ4n) is 4.87. The summed E-state index contributed by atoms with van der Waals surface area (Å²) < 4.78 is 13.2. The number of hydrogen-bond acceptors (Lipinski definition) is 6. The summed E-state index contributed by atoms with van der Waals surface area (Å²) in [7, 11) is 1.58. The van der Waals surface area contributed by atoms with E-state index in [1.807, 2.05) is 31.4 Å². The molecular weight excluding hydrogens is 480 g/mol. The second kappa shape index (κ2) is 8.96. The van der Waals surface area contributed by atoms with Crippen molar-refractivity contribution in [3.05, 3.63) is 50.6 Å². The van der Waals surface area contributed by atoms with Crippen LogP contribution < -0.4 is 15.5 Å². The number of aromatic nitrogens is 1. The van der Waals surface area contributed by atoms with Crippen LogP contribution >= 0.6 is 11.3 Å². The van der Waals surface area contributed by atoms with Gasteiger partial charge in [0.25, 0.3) is 0 Å². The number of amides is 1. The van der Waals surface area contributed by atoms with Gasteiger partial charge in [0.1, 0.15) is 11.2 Å². The van der Waals surface area contributed by atoms with Crippen molar-refractivity contribution < 1.29 is 24.2 Å². The number of aryl methyl sites for hydroxylation is 1. The topological polar surface area (TPSA) is 107 Å². The Morgan fingerprint density at radius 3 is 2.58 bits per heavy atom. The van der Waals surface area contributed by atoms with Gasteiger partial charge in [-0.3, -0.25) is 4.79 Å². The zero-order valence-electron chi connectivity index (χ0n) is 20.8. The number of nitrogens with zero attached hydrogens (tertiary/aromatic N) is 1. The van der Waals surface area contributed by atoms with Crippen molar-refractivity contribution in [1.82, 2.24) is 9.88 Å². The van der Waals surface area contributed by atoms with Crippen molar-refractivity contribution in [2.45, 2.75) is 70.6 Å². The summed E-state index contributed by atoms with van der Waals surface area (Å²) >= 11 is 1.69. The summed E-state index contributed by atoms with van der Waals surface area (Å²) in [5, 5.41) is 12.9. The number of methoxy groups -OCH3 is 1. The minimum absolute atomic E-state index is 0.00258. The number of aromatic carboxylic acids is 1. The number of carboxylic acids is 1. The molecule has 190 valence electrons. The highest BCUT2D eigenvalue weighted by Crippen LogP contribution is 2.45. The number of carbonyl (C=O) groups excluding carboxylic acids is 1. The van der Waals surface area contributed by atoms with Crippen LogP contribution in [-0.4, -0.2) is 40.5 Å². The van der Waals surface area contributed by atoms with E-state index in [0.717, 1.165) is 42.5 Å². The normalized spacial score (nSPS) is 17.5. The molecule has 9 heteroatoms. The lowest BCUT2D eigenvalue weighted by molar-refractivity contribution is 0.0500. The van der Waals surface area contributed by atoms with Crippen LogP contribution in [0.3, 0.4) is 0 Å². The number of pyridine rings is 1. The van der Waals surface area contributed by atoms with Gasteiger partial charge >= 0.3 is 12.1 Å². The minimum atomic E-state index is -1.22. The van der Waals surface area contributed by atoms with Gasteiger partial charge in [-0.1, -0.05) is 0 Å². The number of fused-ring (bicyclic) bond motifs is 2. The first-order valence-corrected chi connectivity index (χ1v) is 13.0. The molecule has 2 N–H and O–H groups in total. The molecule has 5 rings (SSSR count). The zero-order valence-corrected chi connectivity index (χ0v) is 21.7. The molecule has 0 saturated heterocycles. The molecule has 0 spiro atoms. The Bertz CT molecular complexity index is 1430. The lowest BCUT2D eigenvalue weighted by Gasteiger charge is -2.26. The summed E-state index contributed by atoms with van der Waals surface area (Å²) in [5.74, 6) is -0.643. The fourth-order valence-corrected chi connectivity index (χ4v) is 6.10. The summed E-state index contributed by atoms with van der Waals surface area (Å²) in [6, 6.07) is 5.86. The van der Waals surface area contributed by atoms with E-state index in [0.29, 0.717) is 16.7 Å². The van der Waals surface area contributed by atoms with E-state index in [2.05, 4.69) is 11.4 Å². The molecule has 8 nitrogen and oxygen atoms in total. The Hall–Kier alpha value is -3.33. The third kappa shape index (κ3) is 4.59. The lowest BCUT2D eigenvalue weighted by atomic mass is 9.94. The maximum atomic E-state index is 13.0. The van der Waals surface area contributed by atoms with Crippen LogP contribution in [0.25, 0.3) is 21.3 Å². The van der Waals surface area contributed by atoms with Crippen LogP contribution in [0.1, 0.15) is 66.9 Å². The van der Waals surface area contributed by atoms with Crippen molar-refractivity contribution in [1.29, 1.82) is 0 Å². The molecule has 1 amide bonds. The monoisotopic (exact) mass is 510 g/mol. The third-order valence-electron chi connectivity index (χ3n) is 6.59. The maximum absolute atomic E-state index is 13.0. The molecule has 0 radical (unpaired) electrons. The number of rotatable bonds is 5. The second-order valence-electron chi connectivity index (χ2n) is 10.5. The van der Waals surface area contributed by atoms with E-state index >= 15 is 0 Å². The second-order valence-corrected chi connectivity index (χ2v) is 11.6. The molecule has 1 aromatic carbocycles. The minimum Gasteiger partial charge on any atom is -0.494 e. The van der Waals surface area contributed by atoms with Crippen molar-refractivity contribution in [3.8, 4) is 16.2 Å². The summed E-state index contributed by atoms with van der Waals surface area (Å²) in [6.07, 6.45) is 5.33. The predicted molar refractivity (Wildman–Crippen MR) is 138 cm³/mol. The number of benzene rings is 1. The van der Waals surface area contributed by atoms with E-state index in [1.54, 1.807) is 24.5 Å². The zero-order chi connectivity index (χ0) is 25.8. The van der Waals surface area contributed by atoms with Gasteiger partial charge in [-0.25, -0.2) is 9.59 Å². The van der Waals surface area contributed by atoms with Crippen molar-refractivity contribution in [2.75, 3.05) is 7.11 Å². The van der Waals surface area contributed by atoms with Crippen LogP contribution in [0.5, 0.6) is 5.75 Å². The van der Waals surface area contributed by atoms with Gasteiger partial charge in [0.2, 0.25) is 5.43 Å². The Morgan fingerprint density at radius 1 is 1.19 bits per heavy atom. The summed E-state index contributed by atoms with van der Waals surface area (Å²) in [4.78, 5) is 39.2. The van der Waals surface area contributed by atoms with E-state index in [9.17, 15) is 19.5 Å². The highest BCUT2D eigenvalue weighted by Gasteiger charge is 2.30. The van der Waals surface area contributed by atoms with Gasteiger partial charge < -0.3 is 24.5 Å². The molecule has 3 aromatic rings. The average Bonchev–Trinajstić information content (AvgIpc) is 3.55. The third-order valence-corrected chi connectivity index (χ3v) is 7.86. The van der Waals surface area contributed by atoms with Gasteiger partial charge in [-0.05, 0) is 76.6 Å². The van der Waals surface area contributed by atoms with Crippen LogP contribution in [0.2, 0.25) is 0 Å². The molecule has 2 aromatic heterocycles. The Kier molecular flexibility index (Phi) is 6.06. The van der Waals surface area contributed by atoms with E-state index in [-0.39, 0.29) is 17.6 Å². The van der Waals surface area contributed by atoms with Crippen LogP contribution in [0.4, 0.5) is 4.79 Å². The smallest absolute Gasteiger partial charge is 0.407 e. The highest BCUT2D eigenvalue weighted by molar-refractivity contribution is 7.15. The molecular formula is C27H30N2O6S. The van der Waals surface area contributed by atoms with E-state index < -0.39 is 23.1 Å². The van der Waals surface area contributed by atoms with E-state index in [1.165, 1.54) is 16.6 Å². The van der Waals surface area contributed by atoms with Crippen LogP contribution in [0.15, 0.2) is 29.2 Å². The molecule has 1 fully saturated rings. The first kappa shape index (κ1) is 24.4. The number of ether oxygens (including phenoxy) is 2. The first-order chi connectivity index (χ1) is 17.1. The van der Waals surface area contributed by atoms with Gasteiger partial charge in [0, 0.05) is 33.6 Å². The van der Waals surface area contributed by atoms with E-state index in [4.69, 9.17) is 9.47 Å². The first-order valence-electron chi connectivity index (χ1n) is 12.2. The average molecular weight is 511 g/mol. The Morgan fingerprint density at radius 2 is 1.94 bits per heavy atom. The SMILES string of the molecule is COc1c(-c2cc3c(s2)CCC(NC(=O)OC(C)(C)C)C3)ccc2c(=O)c(C(=O)O)cn(C3CC3)c12. The number of carbonyl (C=O) groups is 2. The molecule has 2 aliphatic carbocycles. The van der Waals surface area contributed by atoms with Gasteiger partial charge in [0.15, 0.2) is 5.75 Å². The number of alkyl carbamates (subject to hydrolysis) is 1. The molecule has 1 saturated carbocycles. The van der Waals surface area contributed by atoms with Crippen LogP contribution in [-0.2, 0) is 17.6 Å². The molecule has 2 heterocycles. The van der Waals surface area contributed by atoms with Crippen molar-refractivity contribution in [3.63, 3.8) is 0 Å². The summed E-state index contributed by atoms with van der Waals surface area (Å²) in [6.45, 7) is 5.54. The van der Waals surface area contributed by atoms with Crippen LogP contribution in [0, 0.1) is 0 Å². The number of thiophene rings is 1. The summed E-state index contributed by atoms with van der Waals surface area (Å²) in [5.41, 5.74) is 1.44. The molecule has 1 unspecified atom stereocenters. The highest BCUT2D eigenvalue weighted by atomic mass is 32.1. The number of carboxylic acid groups (broad SMARTS) is 1. The standard InChI is InChI=1S/C27H30N2O6S/c1-27(2,3)35-26(33)28-15-5-10-20-14(11-15)12-21(36-20)17-8-9-18-22(24(17)34-4)29(16-6-7-16)13-19(23(18)30)25(31)32/h8-9,12-13,15-16H,5-7,10-11H2,1-4H3,(H,28,33)(H,31,32). The predicted octanol–water partition coefficient (Wildman–Crippen LogP) is 5.15. The Labute approximate surface area is 212 Å². The number of hydrogen-bond donors (Lipinski definition) is 2. The number of nitrogens with one attached hydrogen (secondary N) is 1. The maximum Gasteiger partial charge on any atom is 0.407 e. The van der Waals surface area contributed by atoms with Gasteiger partial charge in [-0.15, -0.1) is 11.3 Å². The molecule has 2 aliphatic rings. The van der Waals surface area contributed by atoms with Gasteiger partial charge in [0.05, 0.1) is 18.0 Å². The largest absolute Gasteiger partial charge is 0.494 e. The van der Waals surface area contributed by atoms with Crippen molar-refractivity contribution in [2.24, 2.45) is 0 Å². The lowest BCUT2D eigenvalue weighted by Crippen LogP contribution is -2.41. The Balaban J connectivity index is 1.51. The molecule has 36 heavy (non-hydrogen) atoms. The van der Waals surface area contributed by atoms with Crippen molar-refractivity contribution >= 4 is 34.3 Å². The van der Waals surface area contributed by atoms with Gasteiger partial charge in [-0.2, -0.15) is 0 Å². The molecule has 0 bridgehead atoms. The molecule has 0 aliphatic heterocycles. The molecule has 1 atom stereocenters. The quantitative estimate of drug-likeness (QED) is 0.491. The fraction of sp³-hybridized carbons (Fsp3) is 0.444.